The predicted molar refractivity (Wildman–Crippen MR) is 108 cm³/mol. The number of aryl methyl sites for hydroxylation is 2. The molecule has 30 heavy (non-hydrogen) atoms. The smallest absolute Gasteiger partial charge is 0.267 e. The van der Waals surface area contributed by atoms with Crippen LogP contribution in [0.4, 0.5) is 5.69 Å². The van der Waals surface area contributed by atoms with Crippen LogP contribution >= 0.6 is 0 Å². The van der Waals surface area contributed by atoms with E-state index in [0.717, 1.165) is 5.69 Å². The van der Waals surface area contributed by atoms with E-state index in [1.165, 1.54) is 6.07 Å². The van der Waals surface area contributed by atoms with Gasteiger partial charge in [0.15, 0.2) is 0 Å². The summed E-state index contributed by atoms with van der Waals surface area (Å²) in [4.78, 5) is 29.0. The molecule has 3 N–H and O–H groups in total. The molecule has 0 aliphatic heterocycles. The second kappa shape index (κ2) is 7.39. The zero-order valence-electron chi connectivity index (χ0n) is 16.6. The van der Waals surface area contributed by atoms with E-state index in [2.05, 4.69) is 25.7 Å². The molecule has 0 bridgehead atoms. The SMILES string of the molecule is Cc1nonc1Cn1nc(C)c(NC(=O)c2cc(C(N)=O)nc3ccccc23)c1C. The average Bonchev–Trinajstić information content (AvgIpc) is 3.24. The van der Waals surface area contributed by atoms with Gasteiger partial charge in [-0.2, -0.15) is 5.10 Å². The fourth-order valence-electron chi connectivity index (χ4n) is 3.24. The van der Waals surface area contributed by atoms with Crippen LogP contribution in [0.3, 0.4) is 0 Å². The number of nitrogens with zero attached hydrogens (tertiary/aromatic N) is 5. The highest BCUT2D eigenvalue weighted by Crippen LogP contribution is 2.24. The summed E-state index contributed by atoms with van der Waals surface area (Å²) in [5.41, 5.74) is 9.53. The molecule has 0 atom stereocenters. The second-order valence-electron chi connectivity index (χ2n) is 6.89. The third kappa shape index (κ3) is 3.39. The van der Waals surface area contributed by atoms with E-state index < -0.39 is 5.91 Å². The van der Waals surface area contributed by atoms with Crippen molar-refractivity contribution in [3.05, 3.63) is 64.4 Å². The Morgan fingerprint density at radius 1 is 1.13 bits per heavy atom. The van der Waals surface area contributed by atoms with E-state index in [1.54, 1.807) is 42.8 Å². The van der Waals surface area contributed by atoms with Crippen molar-refractivity contribution in [1.82, 2.24) is 25.1 Å². The molecule has 152 valence electrons. The molecule has 0 radical (unpaired) electrons. The lowest BCUT2D eigenvalue weighted by molar-refractivity contribution is 0.0996. The van der Waals surface area contributed by atoms with Crippen molar-refractivity contribution >= 4 is 28.4 Å². The van der Waals surface area contributed by atoms with Crippen LogP contribution in [-0.2, 0) is 6.54 Å². The standard InChI is InChI=1S/C20H19N7O3/c1-10-17(26-30-25-10)9-27-12(3)18(11(2)24-27)23-20(29)14-8-16(19(21)28)22-15-7-5-4-6-13(14)15/h4-8H,9H2,1-3H3,(H2,21,28)(H,23,29). The lowest BCUT2D eigenvalue weighted by Crippen LogP contribution is -2.18. The van der Waals surface area contributed by atoms with Crippen molar-refractivity contribution in [2.45, 2.75) is 27.3 Å². The molecule has 2 amide bonds. The van der Waals surface area contributed by atoms with E-state index >= 15 is 0 Å². The number of carbonyl (C=O) groups excluding carboxylic acids is 2. The van der Waals surface area contributed by atoms with Gasteiger partial charge in [0.2, 0.25) is 0 Å². The van der Waals surface area contributed by atoms with Gasteiger partial charge >= 0.3 is 0 Å². The van der Waals surface area contributed by atoms with E-state index in [1.807, 2.05) is 6.92 Å². The molecule has 3 aromatic heterocycles. The first kappa shape index (κ1) is 19.2. The molecule has 4 rings (SSSR count). The Morgan fingerprint density at radius 2 is 1.90 bits per heavy atom. The van der Waals surface area contributed by atoms with Crippen LogP contribution in [0.2, 0.25) is 0 Å². The van der Waals surface area contributed by atoms with Gasteiger partial charge < -0.3 is 11.1 Å². The van der Waals surface area contributed by atoms with Crippen molar-refractivity contribution in [2.24, 2.45) is 5.73 Å². The number of nitrogens with two attached hydrogens (primary N) is 1. The van der Waals surface area contributed by atoms with Crippen LogP contribution in [0.5, 0.6) is 0 Å². The Kier molecular flexibility index (Phi) is 4.74. The van der Waals surface area contributed by atoms with Crippen LogP contribution in [0.25, 0.3) is 10.9 Å². The highest BCUT2D eigenvalue weighted by molar-refractivity contribution is 6.14. The van der Waals surface area contributed by atoms with E-state index in [-0.39, 0.29) is 11.6 Å². The molecule has 3 heterocycles. The van der Waals surface area contributed by atoms with Gasteiger partial charge in [-0.05, 0) is 32.9 Å². The number of aromatic nitrogens is 5. The molecule has 10 heteroatoms. The van der Waals surface area contributed by atoms with Crippen LogP contribution in [0, 0.1) is 20.8 Å². The quantitative estimate of drug-likeness (QED) is 0.518. The minimum Gasteiger partial charge on any atom is -0.364 e. The number of hydrogen-bond acceptors (Lipinski definition) is 7. The molecule has 0 fully saturated rings. The lowest BCUT2D eigenvalue weighted by atomic mass is 10.1. The summed E-state index contributed by atoms with van der Waals surface area (Å²) in [5, 5.41) is 15.7. The second-order valence-corrected chi connectivity index (χ2v) is 6.89. The number of nitrogens with one attached hydrogen (secondary N) is 1. The summed E-state index contributed by atoms with van der Waals surface area (Å²) < 4.78 is 6.45. The van der Waals surface area contributed by atoms with Crippen LogP contribution < -0.4 is 11.1 Å². The number of anilines is 1. The Hall–Kier alpha value is -4.08. The molecular weight excluding hydrogens is 386 g/mol. The van der Waals surface area contributed by atoms with Crippen molar-refractivity contribution in [3.63, 3.8) is 0 Å². The highest BCUT2D eigenvalue weighted by Gasteiger charge is 2.20. The number of amides is 2. The maximum absolute atomic E-state index is 13.1. The van der Waals surface area contributed by atoms with Gasteiger partial charge in [0, 0.05) is 5.39 Å². The Balaban J connectivity index is 1.70. The number of primary amides is 1. The molecular formula is C20H19N7O3. The number of benzene rings is 1. The van der Waals surface area contributed by atoms with Crippen molar-refractivity contribution < 1.29 is 14.2 Å². The third-order valence-electron chi connectivity index (χ3n) is 4.88. The van der Waals surface area contributed by atoms with Crippen LogP contribution in [0.1, 0.15) is 43.6 Å². The number of para-hydroxylation sites is 1. The number of pyridine rings is 1. The fourth-order valence-corrected chi connectivity index (χ4v) is 3.24. The van der Waals surface area contributed by atoms with Gasteiger partial charge in [0.1, 0.15) is 17.1 Å². The minimum absolute atomic E-state index is 0.0250. The minimum atomic E-state index is -0.702. The first-order chi connectivity index (χ1) is 14.3. The van der Waals surface area contributed by atoms with Crippen LogP contribution in [-0.4, -0.2) is 36.9 Å². The summed E-state index contributed by atoms with van der Waals surface area (Å²) in [6.07, 6.45) is 0. The van der Waals surface area contributed by atoms with Gasteiger partial charge in [-0.25, -0.2) is 9.61 Å². The number of hydrogen-bond donors (Lipinski definition) is 2. The molecule has 0 saturated carbocycles. The predicted octanol–water partition coefficient (Wildman–Crippen LogP) is 2.14. The molecule has 10 nitrogen and oxygen atoms in total. The zero-order chi connectivity index (χ0) is 21.4. The number of carbonyl (C=O) groups is 2. The molecule has 4 aromatic rings. The Bertz CT molecular complexity index is 1290. The number of rotatable bonds is 5. The summed E-state index contributed by atoms with van der Waals surface area (Å²) in [5.74, 6) is -1.09. The normalized spacial score (nSPS) is 11.0. The van der Waals surface area contributed by atoms with Gasteiger partial charge in [-0.3, -0.25) is 14.3 Å². The Morgan fingerprint density at radius 3 is 2.60 bits per heavy atom. The summed E-state index contributed by atoms with van der Waals surface area (Å²) >= 11 is 0. The Labute approximate surface area is 171 Å². The van der Waals surface area contributed by atoms with Crippen molar-refractivity contribution in [3.8, 4) is 0 Å². The first-order valence-corrected chi connectivity index (χ1v) is 9.18. The van der Waals surface area contributed by atoms with Gasteiger partial charge in [-0.1, -0.05) is 28.5 Å². The van der Waals surface area contributed by atoms with E-state index in [0.29, 0.717) is 45.8 Å². The maximum Gasteiger partial charge on any atom is 0.267 e. The van der Waals surface area contributed by atoms with Gasteiger partial charge in [0.05, 0.1) is 34.7 Å². The summed E-state index contributed by atoms with van der Waals surface area (Å²) in [6, 6.07) is 8.47. The van der Waals surface area contributed by atoms with E-state index in [4.69, 9.17) is 10.4 Å². The third-order valence-corrected chi connectivity index (χ3v) is 4.88. The fraction of sp³-hybridized carbons (Fsp3) is 0.200. The van der Waals surface area contributed by atoms with Crippen LogP contribution in [0.15, 0.2) is 35.0 Å². The van der Waals surface area contributed by atoms with Crippen molar-refractivity contribution in [2.75, 3.05) is 5.32 Å². The van der Waals surface area contributed by atoms with Gasteiger partial charge in [0.25, 0.3) is 11.8 Å². The molecule has 0 spiro atoms. The monoisotopic (exact) mass is 405 g/mol. The van der Waals surface area contributed by atoms with Gasteiger partial charge in [-0.15, -0.1) is 0 Å². The highest BCUT2D eigenvalue weighted by atomic mass is 16.6. The number of fused-ring (bicyclic) bond motifs is 1. The first-order valence-electron chi connectivity index (χ1n) is 9.18. The molecule has 0 unspecified atom stereocenters. The van der Waals surface area contributed by atoms with Crippen molar-refractivity contribution in [1.29, 1.82) is 0 Å². The maximum atomic E-state index is 13.1. The zero-order valence-corrected chi connectivity index (χ0v) is 16.6. The summed E-state index contributed by atoms with van der Waals surface area (Å²) in [7, 11) is 0. The average molecular weight is 405 g/mol. The molecule has 0 aliphatic rings. The summed E-state index contributed by atoms with van der Waals surface area (Å²) in [6.45, 7) is 5.80. The molecule has 0 saturated heterocycles. The topological polar surface area (TPSA) is 142 Å². The molecule has 0 aliphatic carbocycles. The lowest BCUT2D eigenvalue weighted by Gasteiger charge is -2.10. The molecule has 1 aromatic carbocycles. The largest absolute Gasteiger partial charge is 0.364 e. The van der Waals surface area contributed by atoms with E-state index in [9.17, 15) is 9.59 Å².